The van der Waals surface area contributed by atoms with Crippen molar-refractivity contribution in [2.45, 2.75) is 39.2 Å². The fraction of sp³-hybridized carbons (Fsp3) is 0.500. The van der Waals surface area contributed by atoms with Crippen LogP contribution in [0, 0.1) is 16.7 Å². The lowest BCUT2D eigenvalue weighted by atomic mass is 9.87. The standard InChI is InChI=1S/C14H17ClN2/c1-14(2)7-3-4-13(14)17-12-6-5-11(15)8-10(12)9-16/h5-6,8,13,17H,3-4,7H2,1-2H3. The fourth-order valence-corrected chi connectivity index (χ4v) is 2.69. The Morgan fingerprint density at radius 1 is 1.47 bits per heavy atom. The van der Waals surface area contributed by atoms with Gasteiger partial charge in [-0.2, -0.15) is 5.26 Å². The predicted octanol–water partition coefficient (Wildman–Crippen LogP) is 4.20. The smallest absolute Gasteiger partial charge is 0.101 e. The highest BCUT2D eigenvalue weighted by Gasteiger charge is 2.34. The van der Waals surface area contributed by atoms with E-state index >= 15 is 0 Å². The summed E-state index contributed by atoms with van der Waals surface area (Å²) in [6.07, 6.45) is 3.65. The minimum atomic E-state index is 0.298. The van der Waals surface area contributed by atoms with Gasteiger partial charge in [-0.25, -0.2) is 0 Å². The third-order valence-corrected chi connectivity index (χ3v) is 3.92. The second-order valence-electron chi connectivity index (χ2n) is 5.38. The predicted molar refractivity (Wildman–Crippen MR) is 71.2 cm³/mol. The molecule has 0 spiro atoms. The maximum Gasteiger partial charge on any atom is 0.101 e. The SMILES string of the molecule is CC1(C)CCCC1Nc1ccc(Cl)cc1C#N. The summed E-state index contributed by atoms with van der Waals surface area (Å²) >= 11 is 5.89. The molecule has 0 aliphatic heterocycles. The third-order valence-electron chi connectivity index (χ3n) is 3.69. The first-order chi connectivity index (χ1) is 8.03. The number of hydrogen-bond donors (Lipinski definition) is 1. The molecule has 17 heavy (non-hydrogen) atoms. The molecule has 0 saturated heterocycles. The van der Waals surface area contributed by atoms with Crippen LogP contribution in [0.3, 0.4) is 0 Å². The Morgan fingerprint density at radius 3 is 2.82 bits per heavy atom. The van der Waals surface area contributed by atoms with Crippen LogP contribution in [0.1, 0.15) is 38.7 Å². The van der Waals surface area contributed by atoms with E-state index in [9.17, 15) is 0 Å². The molecule has 1 fully saturated rings. The number of nitrogens with one attached hydrogen (secondary N) is 1. The third kappa shape index (κ3) is 2.56. The molecular weight excluding hydrogens is 232 g/mol. The van der Waals surface area contributed by atoms with Gasteiger partial charge in [-0.3, -0.25) is 0 Å². The highest BCUT2D eigenvalue weighted by atomic mass is 35.5. The summed E-state index contributed by atoms with van der Waals surface area (Å²) in [5.74, 6) is 0. The molecule has 0 amide bonds. The highest BCUT2D eigenvalue weighted by Crippen LogP contribution is 2.39. The second-order valence-corrected chi connectivity index (χ2v) is 5.82. The van der Waals surface area contributed by atoms with E-state index in [0.717, 1.165) is 5.69 Å². The molecule has 1 N–H and O–H groups in total. The van der Waals surface area contributed by atoms with Crippen LogP contribution in [-0.4, -0.2) is 6.04 Å². The molecule has 0 heterocycles. The lowest BCUT2D eigenvalue weighted by molar-refractivity contribution is 0.350. The fourth-order valence-electron chi connectivity index (χ4n) is 2.52. The van der Waals surface area contributed by atoms with Crippen LogP contribution in [0.4, 0.5) is 5.69 Å². The lowest BCUT2D eigenvalue weighted by Crippen LogP contribution is -2.31. The molecule has 3 heteroatoms. The molecule has 1 aliphatic rings. The quantitative estimate of drug-likeness (QED) is 0.851. The van der Waals surface area contributed by atoms with Gasteiger partial charge in [0.25, 0.3) is 0 Å². The van der Waals surface area contributed by atoms with Crippen molar-refractivity contribution in [3.8, 4) is 6.07 Å². The minimum Gasteiger partial charge on any atom is -0.381 e. The summed E-state index contributed by atoms with van der Waals surface area (Å²) in [6.45, 7) is 4.55. The van der Waals surface area contributed by atoms with E-state index in [-0.39, 0.29) is 0 Å². The van der Waals surface area contributed by atoms with Crippen LogP contribution >= 0.6 is 11.6 Å². The number of nitrogens with zero attached hydrogens (tertiary/aromatic N) is 1. The highest BCUT2D eigenvalue weighted by molar-refractivity contribution is 6.30. The van der Waals surface area contributed by atoms with Crippen molar-refractivity contribution in [1.82, 2.24) is 0 Å². The average molecular weight is 249 g/mol. The molecule has 0 aromatic heterocycles. The van der Waals surface area contributed by atoms with Crippen molar-refractivity contribution in [3.63, 3.8) is 0 Å². The Morgan fingerprint density at radius 2 is 2.24 bits per heavy atom. The lowest BCUT2D eigenvalue weighted by Gasteiger charge is -2.29. The first-order valence-corrected chi connectivity index (χ1v) is 6.37. The van der Waals surface area contributed by atoms with Crippen LogP contribution in [0.5, 0.6) is 0 Å². The Labute approximate surface area is 108 Å². The number of anilines is 1. The Bertz CT molecular complexity index is 460. The molecule has 2 rings (SSSR count). The van der Waals surface area contributed by atoms with Gasteiger partial charge in [-0.15, -0.1) is 0 Å². The molecule has 0 bridgehead atoms. The van der Waals surface area contributed by atoms with Crippen molar-refractivity contribution < 1.29 is 0 Å². The normalized spacial score (nSPS) is 22.1. The van der Waals surface area contributed by atoms with Crippen LogP contribution < -0.4 is 5.32 Å². The van der Waals surface area contributed by atoms with Gasteiger partial charge in [0.1, 0.15) is 6.07 Å². The van der Waals surface area contributed by atoms with E-state index in [0.29, 0.717) is 22.0 Å². The zero-order valence-corrected chi connectivity index (χ0v) is 11.0. The number of rotatable bonds is 2. The molecule has 1 aromatic carbocycles. The summed E-state index contributed by atoms with van der Waals surface area (Å²) in [5, 5.41) is 13.2. The molecule has 90 valence electrons. The minimum absolute atomic E-state index is 0.298. The van der Waals surface area contributed by atoms with Gasteiger partial charge in [0, 0.05) is 11.1 Å². The first-order valence-electron chi connectivity index (χ1n) is 5.99. The van der Waals surface area contributed by atoms with E-state index in [1.165, 1.54) is 19.3 Å². The Hall–Kier alpha value is -1.20. The van der Waals surface area contributed by atoms with Crippen LogP contribution in [0.2, 0.25) is 5.02 Å². The largest absolute Gasteiger partial charge is 0.381 e. The number of nitriles is 1. The van der Waals surface area contributed by atoms with Gasteiger partial charge < -0.3 is 5.32 Å². The van der Waals surface area contributed by atoms with Gasteiger partial charge in [-0.1, -0.05) is 31.9 Å². The molecule has 1 unspecified atom stereocenters. The summed E-state index contributed by atoms with van der Waals surface area (Å²) in [6, 6.07) is 8.07. The molecule has 0 radical (unpaired) electrons. The second kappa shape index (κ2) is 4.58. The number of benzene rings is 1. The monoisotopic (exact) mass is 248 g/mol. The van der Waals surface area contributed by atoms with Gasteiger partial charge in [-0.05, 0) is 36.5 Å². The van der Waals surface area contributed by atoms with E-state index in [1.54, 1.807) is 6.07 Å². The molecule has 1 aromatic rings. The maximum atomic E-state index is 9.10. The van der Waals surface area contributed by atoms with Crippen molar-refractivity contribution in [2.24, 2.45) is 5.41 Å². The van der Waals surface area contributed by atoms with E-state index in [4.69, 9.17) is 16.9 Å². The van der Waals surface area contributed by atoms with Crippen molar-refractivity contribution in [1.29, 1.82) is 5.26 Å². The zero-order chi connectivity index (χ0) is 12.5. The zero-order valence-electron chi connectivity index (χ0n) is 10.3. The van der Waals surface area contributed by atoms with Gasteiger partial charge in [0.2, 0.25) is 0 Å². The summed E-state index contributed by atoms with van der Waals surface area (Å²) in [7, 11) is 0. The van der Waals surface area contributed by atoms with E-state index in [1.807, 2.05) is 12.1 Å². The van der Waals surface area contributed by atoms with Crippen molar-refractivity contribution in [2.75, 3.05) is 5.32 Å². The van der Waals surface area contributed by atoms with E-state index in [2.05, 4.69) is 25.2 Å². The molecular formula is C14H17ClN2. The molecule has 1 aliphatic carbocycles. The van der Waals surface area contributed by atoms with Gasteiger partial charge >= 0.3 is 0 Å². The van der Waals surface area contributed by atoms with Crippen molar-refractivity contribution >= 4 is 17.3 Å². The summed E-state index contributed by atoms with van der Waals surface area (Å²) in [5.41, 5.74) is 1.82. The van der Waals surface area contributed by atoms with Gasteiger partial charge in [0.05, 0.1) is 11.3 Å². The van der Waals surface area contributed by atoms with Crippen LogP contribution in [0.25, 0.3) is 0 Å². The Balaban J connectivity index is 2.22. The number of hydrogen-bond acceptors (Lipinski definition) is 2. The number of halogens is 1. The van der Waals surface area contributed by atoms with Crippen molar-refractivity contribution in [3.05, 3.63) is 28.8 Å². The van der Waals surface area contributed by atoms with Gasteiger partial charge in [0.15, 0.2) is 0 Å². The first kappa shape index (κ1) is 12.3. The molecule has 1 atom stereocenters. The van der Waals surface area contributed by atoms with Crippen LogP contribution in [-0.2, 0) is 0 Å². The average Bonchev–Trinajstić information content (AvgIpc) is 2.61. The Kier molecular flexibility index (Phi) is 3.31. The van der Waals surface area contributed by atoms with Crippen LogP contribution in [0.15, 0.2) is 18.2 Å². The topological polar surface area (TPSA) is 35.8 Å². The maximum absolute atomic E-state index is 9.10. The van der Waals surface area contributed by atoms with E-state index < -0.39 is 0 Å². The summed E-state index contributed by atoms with van der Waals surface area (Å²) < 4.78 is 0. The summed E-state index contributed by atoms with van der Waals surface area (Å²) in [4.78, 5) is 0. The molecule has 1 saturated carbocycles. The molecule has 2 nitrogen and oxygen atoms in total.